The Morgan fingerprint density at radius 1 is 1.05 bits per heavy atom. The van der Waals surface area contributed by atoms with Gasteiger partial charge in [0.25, 0.3) is 0 Å². The van der Waals surface area contributed by atoms with Gasteiger partial charge in [0.15, 0.2) is 0 Å². The van der Waals surface area contributed by atoms with E-state index in [1.54, 1.807) is 0 Å². The summed E-state index contributed by atoms with van der Waals surface area (Å²) in [5.41, 5.74) is 0. The lowest BCUT2D eigenvalue weighted by Gasteiger charge is -2.29. The van der Waals surface area contributed by atoms with Crippen LogP contribution in [-0.2, 0) is 9.53 Å². The number of hydrogen-bond donors (Lipinski definition) is 2. The SMILES string of the molecule is CCNC(=O)NC1CCC(OC(=O)CC2CCCC2)CC1. The van der Waals surface area contributed by atoms with Gasteiger partial charge in [0.1, 0.15) is 6.10 Å². The summed E-state index contributed by atoms with van der Waals surface area (Å²) in [6.45, 7) is 2.54. The minimum atomic E-state index is -0.0980. The van der Waals surface area contributed by atoms with Crippen molar-refractivity contribution >= 4 is 12.0 Å². The molecule has 5 heteroatoms. The molecule has 2 saturated carbocycles. The highest BCUT2D eigenvalue weighted by Gasteiger charge is 2.26. The van der Waals surface area contributed by atoms with Crippen molar-refractivity contribution in [3.8, 4) is 0 Å². The molecule has 2 N–H and O–H groups in total. The molecule has 0 radical (unpaired) electrons. The Hall–Kier alpha value is -1.26. The average molecular weight is 296 g/mol. The molecular weight excluding hydrogens is 268 g/mol. The van der Waals surface area contributed by atoms with E-state index in [4.69, 9.17) is 4.74 Å². The third-order valence-electron chi connectivity index (χ3n) is 4.57. The van der Waals surface area contributed by atoms with Crippen LogP contribution in [0.1, 0.15) is 64.7 Å². The van der Waals surface area contributed by atoms with Gasteiger partial charge in [0, 0.05) is 19.0 Å². The van der Waals surface area contributed by atoms with Gasteiger partial charge in [-0.05, 0) is 51.4 Å². The maximum Gasteiger partial charge on any atom is 0.314 e. The second-order valence-electron chi connectivity index (χ2n) is 6.32. The zero-order valence-electron chi connectivity index (χ0n) is 13.0. The number of carbonyl (C=O) groups excluding carboxylic acids is 2. The largest absolute Gasteiger partial charge is 0.462 e. The lowest BCUT2D eigenvalue weighted by molar-refractivity contribution is -0.151. The first kappa shape index (κ1) is 16.1. The molecule has 0 bridgehead atoms. The van der Waals surface area contributed by atoms with E-state index in [2.05, 4.69) is 10.6 Å². The molecule has 0 aromatic carbocycles. The van der Waals surface area contributed by atoms with Crippen molar-refractivity contribution < 1.29 is 14.3 Å². The second kappa shape index (κ2) is 8.25. The fourth-order valence-corrected chi connectivity index (χ4v) is 3.41. The maximum atomic E-state index is 11.9. The van der Waals surface area contributed by atoms with E-state index in [-0.39, 0.29) is 24.1 Å². The fourth-order valence-electron chi connectivity index (χ4n) is 3.41. The molecule has 120 valence electrons. The van der Waals surface area contributed by atoms with E-state index in [0.717, 1.165) is 25.7 Å². The van der Waals surface area contributed by atoms with E-state index in [9.17, 15) is 9.59 Å². The van der Waals surface area contributed by atoms with Crippen molar-refractivity contribution in [3.63, 3.8) is 0 Å². The number of hydrogen-bond acceptors (Lipinski definition) is 3. The Labute approximate surface area is 127 Å². The van der Waals surface area contributed by atoms with Crippen LogP contribution in [-0.4, -0.2) is 30.7 Å². The summed E-state index contributed by atoms with van der Waals surface area (Å²) in [5, 5.41) is 5.70. The molecule has 0 heterocycles. The van der Waals surface area contributed by atoms with E-state index in [0.29, 0.717) is 18.9 Å². The van der Waals surface area contributed by atoms with Crippen molar-refractivity contribution in [1.29, 1.82) is 0 Å². The van der Waals surface area contributed by atoms with Crippen LogP contribution in [0.15, 0.2) is 0 Å². The molecule has 5 nitrogen and oxygen atoms in total. The van der Waals surface area contributed by atoms with Crippen molar-refractivity contribution in [2.75, 3.05) is 6.54 Å². The van der Waals surface area contributed by atoms with Crippen LogP contribution < -0.4 is 10.6 Å². The van der Waals surface area contributed by atoms with Gasteiger partial charge < -0.3 is 15.4 Å². The molecule has 0 aromatic heterocycles. The highest BCUT2D eigenvalue weighted by atomic mass is 16.5. The molecule has 0 atom stereocenters. The maximum absolute atomic E-state index is 11.9. The number of nitrogens with one attached hydrogen (secondary N) is 2. The lowest BCUT2D eigenvalue weighted by atomic mass is 9.93. The van der Waals surface area contributed by atoms with Gasteiger partial charge in [-0.25, -0.2) is 4.79 Å². The molecule has 2 rings (SSSR count). The molecule has 0 unspecified atom stereocenters. The average Bonchev–Trinajstić information content (AvgIpc) is 2.94. The van der Waals surface area contributed by atoms with E-state index < -0.39 is 0 Å². The van der Waals surface area contributed by atoms with E-state index in [1.165, 1.54) is 25.7 Å². The Balaban J connectivity index is 1.62. The Morgan fingerprint density at radius 3 is 2.33 bits per heavy atom. The van der Waals surface area contributed by atoms with Crippen LogP contribution in [0, 0.1) is 5.92 Å². The lowest BCUT2D eigenvalue weighted by Crippen LogP contribution is -2.44. The van der Waals surface area contributed by atoms with Gasteiger partial charge in [0.05, 0.1) is 0 Å². The number of urea groups is 1. The number of ether oxygens (including phenoxy) is 1. The fraction of sp³-hybridized carbons (Fsp3) is 0.875. The van der Waals surface area contributed by atoms with E-state index >= 15 is 0 Å². The van der Waals surface area contributed by atoms with Gasteiger partial charge in [0.2, 0.25) is 0 Å². The highest BCUT2D eigenvalue weighted by molar-refractivity contribution is 5.74. The number of amides is 2. The first-order chi connectivity index (χ1) is 10.2. The monoisotopic (exact) mass is 296 g/mol. The second-order valence-corrected chi connectivity index (χ2v) is 6.32. The molecule has 0 spiro atoms. The summed E-state index contributed by atoms with van der Waals surface area (Å²) in [7, 11) is 0. The Bertz CT molecular complexity index is 345. The normalized spacial score (nSPS) is 26.3. The number of esters is 1. The van der Waals surface area contributed by atoms with Crippen molar-refractivity contribution in [1.82, 2.24) is 10.6 Å². The van der Waals surface area contributed by atoms with Crippen molar-refractivity contribution in [3.05, 3.63) is 0 Å². The number of carbonyl (C=O) groups is 2. The molecule has 21 heavy (non-hydrogen) atoms. The topological polar surface area (TPSA) is 67.4 Å². The van der Waals surface area contributed by atoms with Gasteiger partial charge in [-0.3, -0.25) is 4.79 Å². The number of rotatable bonds is 5. The molecule has 2 aliphatic carbocycles. The summed E-state index contributed by atoms with van der Waals surface area (Å²) in [5.74, 6) is 0.523. The summed E-state index contributed by atoms with van der Waals surface area (Å²) in [6.07, 6.45) is 9.00. The van der Waals surface area contributed by atoms with Crippen molar-refractivity contribution in [2.24, 2.45) is 5.92 Å². The smallest absolute Gasteiger partial charge is 0.314 e. The van der Waals surface area contributed by atoms with Gasteiger partial charge in [-0.15, -0.1) is 0 Å². The molecule has 2 fully saturated rings. The summed E-state index contributed by atoms with van der Waals surface area (Å²) in [4.78, 5) is 23.4. The molecule has 0 saturated heterocycles. The van der Waals surface area contributed by atoms with Crippen LogP contribution in [0.3, 0.4) is 0 Å². The Morgan fingerprint density at radius 2 is 1.71 bits per heavy atom. The summed E-state index contributed by atoms with van der Waals surface area (Å²) in [6, 6.07) is 0.112. The summed E-state index contributed by atoms with van der Waals surface area (Å²) >= 11 is 0. The van der Waals surface area contributed by atoms with Gasteiger partial charge in [-0.2, -0.15) is 0 Å². The quantitative estimate of drug-likeness (QED) is 0.767. The van der Waals surface area contributed by atoms with Crippen LogP contribution >= 0.6 is 0 Å². The molecule has 0 aliphatic heterocycles. The molecular formula is C16H28N2O3. The van der Waals surface area contributed by atoms with E-state index in [1.807, 2.05) is 6.92 Å². The minimum Gasteiger partial charge on any atom is -0.462 e. The van der Waals surface area contributed by atoms with Crippen molar-refractivity contribution in [2.45, 2.75) is 76.9 Å². The zero-order chi connectivity index (χ0) is 15.1. The highest BCUT2D eigenvalue weighted by Crippen LogP contribution is 2.29. The standard InChI is InChI=1S/C16H28N2O3/c1-2-17-16(20)18-13-7-9-14(10-8-13)21-15(19)11-12-5-3-4-6-12/h12-14H,2-11H2,1H3,(H2,17,18,20). The van der Waals surface area contributed by atoms with Crippen LogP contribution in [0.25, 0.3) is 0 Å². The van der Waals surface area contributed by atoms with Crippen LogP contribution in [0.5, 0.6) is 0 Å². The third-order valence-corrected chi connectivity index (χ3v) is 4.57. The van der Waals surface area contributed by atoms with Gasteiger partial charge in [-0.1, -0.05) is 12.8 Å². The molecule has 2 aliphatic rings. The molecule has 2 amide bonds. The Kier molecular flexibility index (Phi) is 6.33. The first-order valence-corrected chi connectivity index (χ1v) is 8.41. The van der Waals surface area contributed by atoms with Gasteiger partial charge >= 0.3 is 12.0 Å². The first-order valence-electron chi connectivity index (χ1n) is 8.41. The predicted molar refractivity (Wildman–Crippen MR) is 80.9 cm³/mol. The predicted octanol–water partition coefficient (Wildman–Crippen LogP) is 2.74. The minimum absolute atomic E-state index is 0.0259. The van der Waals surface area contributed by atoms with Crippen LogP contribution in [0.4, 0.5) is 4.79 Å². The zero-order valence-corrected chi connectivity index (χ0v) is 13.0. The molecule has 0 aromatic rings. The third kappa shape index (κ3) is 5.56. The summed E-state index contributed by atoms with van der Waals surface area (Å²) < 4.78 is 5.59. The van der Waals surface area contributed by atoms with Crippen LogP contribution in [0.2, 0.25) is 0 Å².